The molecule has 2 N–H and O–H groups in total. The fraction of sp³-hybridized carbons (Fsp3) is 1.00. The Bertz CT molecular complexity index is 273. The largest absolute Gasteiger partial charge is 0.396 e. The molecule has 0 radical (unpaired) electrons. The average Bonchev–Trinajstić information content (AvgIpc) is 2.75. The maximum absolute atomic E-state index is 11.3. The zero-order valence-corrected chi connectivity index (χ0v) is 10.3. The highest BCUT2D eigenvalue weighted by Crippen LogP contribution is 2.20. The van der Waals surface area contributed by atoms with Crippen LogP contribution in [-0.2, 0) is 14.8 Å². The van der Waals surface area contributed by atoms with Crippen molar-refractivity contribution in [3.05, 3.63) is 0 Å². The van der Waals surface area contributed by atoms with Crippen LogP contribution in [0.5, 0.6) is 0 Å². The van der Waals surface area contributed by atoms with Crippen LogP contribution in [0.3, 0.4) is 0 Å². The standard InChI is InChI=1S/C10H21NO4S/c12-7-3-9-16(13,14)11-6-8-15-10-4-1-2-5-10/h10-12H,1-9H2. The van der Waals surface area contributed by atoms with Crippen molar-refractivity contribution in [3.8, 4) is 0 Å². The van der Waals surface area contributed by atoms with Gasteiger partial charge in [0.25, 0.3) is 0 Å². The summed E-state index contributed by atoms with van der Waals surface area (Å²) in [7, 11) is -3.23. The van der Waals surface area contributed by atoms with Gasteiger partial charge in [-0.25, -0.2) is 13.1 Å². The Hall–Kier alpha value is -0.170. The van der Waals surface area contributed by atoms with Gasteiger partial charge in [0.15, 0.2) is 0 Å². The fourth-order valence-corrected chi connectivity index (χ4v) is 2.85. The maximum atomic E-state index is 11.3. The number of aliphatic hydroxyl groups excluding tert-OH is 1. The predicted octanol–water partition coefficient (Wildman–Crippen LogP) is 0.247. The van der Waals surface area contributed by atoms with Crippen molar-refractivity contribution >= 4 is 10.0 Å². The third-order valence-electron chi connectivity index (χ3n) is 2.65. The van der Waals surface area contributed by atoms with Gasteiger partial charge in [0.05, 0.1) is 18.5 Å². The van der Waals surface area contributed by atoms with E-state index in [0.29, 0.717) is 19.3 Å². The van der Waals surface area contributed by atoms with E-state index in [0.717, 1.165) is 12.8 Å². The third kappa shape index (κ3) is 5.79. The molecule has 6 heteroatoms. The molecule has 0 heterocycles. The molecule has 96 valence electrons. The minimum atomic E-state index is -3.23. The quantitative estimate of drug-likeness (QED) is 0.606. The molecular formula is C10H21NO4S. The molecule has 0 unspecified atom stereocenters. The Labute approximate surface area is 97.2 Å². The number of hydrogen-bond donors (Lipinski definition) is 2. The lowest BCUT2D eigenvalue weighted by Gasteiger charge is -2.11. The summed E-state index contributed by atoms with van der Waals surface area (Å²) in [5, 5.41) is 8.53. The van der Waals surface area contributed by atoms with Gasteiger partial charge in [-0.2, -0.15) is 0 Å². The summed E-state index contributed by atoms with van der Waals surface area (Å²) in [6.45, 7) is 0.659. The zero-order chi connectivity index (χ0) is 11.9. The second kappa shape index (κ2) is 7.21. The molecule has 5 nitrogen and oxygen atoms in total. The summed E-state index contributed by atoms with van der Waals surface area (Å²) >= 11 is 0. The van der Waals surface area contributed by atoms with Gasteiger partial charge in [-0.1, -0.05) is 12.8 Å². The zero-order valence-electron chi connectivity index (χ0n) is 9.52. The molecule has 1 aliphatic rings. The lowest BCUT2D eigenvalue weighted by atomic mass is 10.3. The molecule has 0 amide bonds. The Morgan fingerprint density at radius 2 is 2.00 bits per heavy atom. The van der Waals surface area contributed by atoms with Crippen molar-refractivity contribution in [1.29, 1.82) is 0 Å². The summed E-state index contributed by atoms with van der Waals surface area (Å²) in [6.07, 6.45) is 5.22. The molecular weight excluding hydrogens is 230 g/mol. The van der Waals surface area contributed by atoms with Crippen LogP contribution in [0, 0.1) is 0 Å². The Morgan fingerprint density at radius 1 is 1.31 bits per heavy atom. The molecule has 0 saturated heterocycles. The monoisotopic (exact) mass is 251 g/mol. The molecule has 1 fully saturated rings. The molecule has 16 heavy (non-hydrogen) atoms. The smallest absolute Gasteiger partial charge is 0.211 e. The van der Waals surface area contributed by atoms with Gasteiger partial charge in [0, 0.05) is 13.2 Å². The number of rotatable bonds is 8. The van der Waals surface area contributed by atoms with Crippen LogP contribution in [0.15, 0.2) is 0 Å². The highest BCUT2D eigenvalue weighted by molar-refractivity contribution is 7.89. The topological polar surface area (TPSA) is 75.6 Å². The summed E-state index contributed by atoms with van der Waals surface area (Å²) in [6, 6.07) is 0. The van der Waals surface area contributed by atoms with E-state index in [-0.39, 0.29) is 18.8 Å². The van der Waals surface area contributed by atoms with Crippen LogP contribution in [0.1, 0.15) is 32.1 Å². The molecule has 0 aromatic heterocycles. The Morgan fingerprint density at radius 3 is 2.62 bits per heavy atom. The van der Waals surface area contributed by atoms with E-state index in [1.807, 2.05) is 0 Å². The van der Waals surface area contributed by atoms with Crippen LogP contribution >= 0.6 is 0 Å². The minimum absolute atomic E-state index is 0.0209. The molecule has 0 aromatic carbocycles. The number of sulfonamides is 1. The molecule has 0 atom stereocenters. The van der Waals surface area contributed by atoms with Gasteiger partial charge in [0.2, 0.25) is 10.0 Å². The van der Waals surface area contributed by atoms with Gasteiger partial charge in [-0.3, -0.25) is 0 Å². The summed E-state index contributed by atoms with van der Waals surface area (Å²) in [4.78, 5) is 0. The van der Waals surface area contributed by atoms with Gasteiger partial charge in [0.1, 0.15) is 0 Å². The molecule has 1 rings (SSSR count). The van der Waals surface area contributed by atoms with E-state index in [1.54, 1.807) is 0 Å². The summed E-state index contributed by atoms with van der Waals surface area (Å²) in [5.74, 6) is -0.0209. The van der Waals surface area contributed by atoms with Crippen molar-refractivity contribution in [2.45, 2.75) is 38.2 Å². The second-order valence-corrected chi connectivity index (χ2v) is 5.99. The Balaban J connectivity index is 2.05. The molecule has 0 aliphatic heterocycles. The Kier molecular flexibility index (Phi) is 6.26. The normalized spacial score (nSPS) is 18.1. The van der Waals surface area contributed by atoms with Crippen molar-refractivity contribution in [2.75, 3.05) is 25.5 Å². The van der Waals surface area contributed by atoms with E-state index in [2.05, 4.69) is 4.72 Å². The van der Waals surface area contributed by atoms with E-state index in [1.165, 1.54) is 12.8 Å². The van der Waals surface area contributed by atoms with Crippen LogP contribution in [0.2, 0.25) is 0 Å². The first-order chi connectivity index (χ1) is 7.64. The van der Waals surface area contributed by atoms with Gasteiger partial charge in [-0.05, 0) is 19.3 Å². The van der Waals surface area contributed by atoms with E-state index in [9.17, 15) is 8.42 Å². The first-order valence-corrected chi connectivity index (χ1v) is 7.49. The van der Waals surface area contributed by atoms with Gasteiger partial charge >= 0.3 is 0 Å². The van der Waals surface area contributed by atoms with E-state index >= 15 is 0 Å². The first kappa shape index (κ1) is 13.9. The first-order valence-electron chi connectivity index (χ1n) is 5.84. The summed E-state index contributed by atoms with van der Waals surface area (Å²) in [5.41, 5.74) is 0. The van der Waals surface area contributed by atoms with Crippen LogP contribution in [-0.4, -0.2) is 45.1 Å². The molecule has 1 aliphatic carbocycles. The SMILES string of the molecule is O=S(=O)(CCCO)NCCOC1CCCC1. The van der Waals surface area contributed by atoms with Crippen molar-refractivity contribution in [3.63, 3.8) is 0 Å². The second-order valence-electron chi connectivity index (χ2n) is 4.07. The third-order valence-corrected chi connectivity index (χ3v) is 4.12. The van der Waals surface area contributed by atoms with Gasteiger partial charge < -0.3 is 9.84 Å². The average molecular weight is 251 g/mol. The number of ether oxygens (including phenoxy) is 1. The van der Waals surface area contributed by atoms with Crippen molar-refractivity contribution in [1.82, 2.24) is 4.72 Å². The van der Waals surface area contributed by atoms with Crippen LogP contribution in [0.25, 0.3) is 0 Å². The van der Waals surface area contributed by atoms with Crippen molar-refractivity contribution in [2.24, 2.45) is 0 Å². The maximum Gasteiger partial charge on any atom is 0.211 e. The number of nitrogens with one attached hydrogen (secondary N) is 1. The predicted molar refractivity (Wildman–Crippen MR) is 61.7 cm³/mol. The van der Waals surface area contributed by atoms with Crippen LogP contribution < -0.4 is 4.72 Å². The highest BCUT2D eigenvalue weighted by Gasteiger charge is 2.15. The number of aliphatic hydroxyl groups is 1. The van der Waals surface area contributed by atoms with E-state index in [4.69, 9.17) is 9.84 Å². The molecule has 1 saturated carbocycles. The lowest BCUT2D eigenvalue weighted by Crippen LogP contribution is -2.30. The molecule has 0 spiro atoms. The summed E-state index contributed by atoms with van der Waals surface area (Å²) < 4.78 is 30.6. The number of hydrogen-bond acceptors (Lipinski definition) is 4. The van der Waals surface area contributed by atoms with E-state index < -0.39 is 10.0 Å². The van der Waals surface area contributed by atoms with Crippen molar-refractivity contribution < 1.29 is 18.3 Å². The minimum Gasteiger partial charge on any atom is -0.396 e. The molecule has 0 aromatic rings. The lowest BCUT2D eigenvalue weighted by molar-refractivity contribution is 0.0626. The van der Waals surface area contributed by atoms with Gasteiger partial charge in [-0.15, -0.1) is 0 Å². The highest BCUT2D eigenvalue weighted by atomic mass is 32.2. The van der Waals surface area contributed by atoms with Crippen LogP contribution in [0.4, 0.5) is 0 Å². The fourth-order valence-electron chi connectivity index (χ4n) is 1.80. The molecule has 0 bridgehead atoms.